The molecule has 0 aromatic carbocycles. The highest BCUT2D eigenvalue weighted by atomic mass is 16.5. The molecule has 3 atom stereocenters. The van der Waals surface area contributed by atoms with E-state index in [9.17, 15) is 19.8 Å². The lowest BCUT2D eigenvalue weighted by Crippen LogP contribution is -2.46. The normalized spacial score (nSPS) is 13.6. The van der Waals surface area contributed by atoms with Crippen LogP contribution in [0.15, 0.2) is 72.9 Å². The first-order valence-corrected chi connectivity index (χ1v) is 29.7. The van der Waals surface area contributed by atoms with E-state index in [0.29, 0.717) is 19.3 Å². The van der Waals surface area contributed by atoms with Crippen LogP contribution in [0.1, 0.15) is 290 Å². The third-order valence-electron chi connectivity index (χ3n) is 13.4. The second kappa shape index (κ2) is 56.2. The van der Waals surface area contributed by atoms with Crippen LogP contribution in [0, 0.1) is 0 Å². The first-order chi connectivity index (χ1) is 34.0. The Hall–Kier alpha value is -2.70. The quantitative estimate of drug-likeness (QED) is 0.0321. The molecular weight excluding hydrogens is 851 g/mol. The van der Waals surface area contributed by atoms with E-state index in [1.807, 2.05) is 0 Å². The first-order valence-electron chi connectivity index (χ1n) is 29.7. The molecule has 0 saturated carbocycles. The molecule has 0 fully saturated rings. The topological polar surface area (TPSA) is 95.9 Å². The molecule has 6 nitrogen and oxygen atoms in total. The lowest BCUT2D eigenvalue weighted by molar-refractivity contribution is -0.151. The predicted octanol–water partition coefficient (Wildman–Crippen LogP) is 18.5. The summed E-state index contributed by atoms with van der Waals surface area (Å²) in [7, 11) is 0. The van der Waals surface area contributed by atoms with Gasteiger partial charge in [-0.25, -0.2) is 0 Å². The molecule has 0 aliphatic carbocycles. The van der Waals surface area contributed by atoms with Crippen LogP contribution in [0.3, 0.4) is 0 Å². The van der Waals surface area contributed by atoms with Gasteiger partial charge >= 0.3 is 5.97 Å². The lowest BCUT2D eigenvalue weighted by Gasteiger charge is -2.24. The summed E-state index contributed by atoms with van der Waals surface area (Å²) in [5.74, 6) is -0.525. The predicted molar refractivity (Wildman–Crippen MR) is 301 cm³/mol. The maximum atomic E-state index is 13.3. The number of nitrogens with one attached hydrogen (secondary N) is 1. The molecule has 0 aromatic rings. The average molecular weight is 965 g/mol. The minimum absolute atomic E-state index is 0.0447. The van der Waals surface area contributed by atoms with Gasteiger partial charge in [0.05, 0.1) is 25.2 Å². The molecule has 0 spiro atoms. The number of hydrogen-bond donors (Lipinski definition) is 3. The monoisotopic (exact) mass is 964 g/mol. The smallest absolute Gasteiger partial charge is 0.306 e. The van der Waals surface area contributed by atoms with Crippen molar-refractivity contribution in [2.24, 2.45) is 0 Å². The SMILES string of the molecule is CCCCCCC/C=C/C=C/C=C/CCCCCCCC(=O)OC(CCCCC/C=C/C=C/C=C/CCCCCCC)CC(=O)NC(CO)C(O)CCCCCCCCCCCCCCCCCC. The van der Waals surface area contributed by atoms with Crippen molar-refractivity contribution in [3.63, 3.8) is 0 Å². The zero-order valence-corrected chi connectivity index (χ0v) is 45.7. The van der Waals surface area contributed by atoms with Crippen molar-refractivity contribution in [1.82, 2.24) is 5.32 Å². The van der Waals surface area contributed by atoms with Gasteiger partial charge in [0.2, 0.25) is 5.91 Å². The summed E-state index contributed by atoms with van der Waals surface area (Å²) in [4.78, 5) is 26.3. The number of amides is 1. The largest absolute Gasteiger partial charge is 0.462 e. The van der Waals surface area contributed by atoms with E-state index in [0.717, 1.165) is 89.9 Å². The molecule has 0 bridgehead atoms. The van der Waals surface area contributed by atoms with Crippen molar-refractivity contribution < 1.29 is 24.5 Å². The summed E-state index contributed by atoms with van der Waals surface area (Å²) in [6, 6.07) is -0.721. The van der Waals surface area contributed by atoms with Crippen LogP contribution in [-0.2, 0) is 14.3 Å². The van der Waals surface area contributed by atoms with E-state index in [2.05, 4.69) is 99.0 Å². The molecule has 0 aliphatic rings. The molecule has 6 heteroatoms. The Kier molecular flexibility index (Phi) is 54.0. The lowest BCUT2D eigenvalue weighted by atomic mass is 10.0. The van der Waals surface area contributed by atoms with Crippen LogP contribution in [0.25, 0.3) is 0 Å². The van der Waals surface area contributed by atoms with Crippen LogP contribution in [0.5, 0.6) is 0 Å². The van der Waals surface area contributed by atoms with E-state index >= 15 is 0 Å². The summed E-state index contributed by atoms with van der Waals surface area (Å²) in [6.07, 6.45) is 72.5. The number of unbranched alkanes of at least 4 members (excludes halogenated alkanes) is 33. The first kappa shape index (κ1) is 66.3. The number of ether oxygens (including phenoxy) is 1. The maximum Gasteiger partial charge on any atom is 0.306 e. The van der Waals surface area contributed by atoms with Crippen molar-refractivity contribution in [1.29, 1.82) is 0 Å². The molecule has 1 amide bonds. The van der Waals surface area contributed by atoms with Crippen LogP contribution in [0.2, 0.25) is 0 Å². The van der Waals surface area contributed by atoms with Crippen molar-refractivity contribution >= 4 is 11.9 Å². The van der Waals surface area contributed by atoms with Crippen molar-refractivity contribution in [3.8, 4) is 0 Å². The van der Waals surface area contributed by atoms with Gasteiger partial charge in [-0.05, 0) is 77.0 Å². The molecule has 0 aliphatic heterocycles. The zero-order chi connectivity index (χ0) is 50.2. The fourth-order valence-electron chi connectivity index (χ4n) is 8.85. The summed E-state index contributed by atoms with van der Waals surface area (Å²) < 4.78 is 5.94. The molecule has 0 aromatic heterocycles. The number of aliphatic hydroxyl groups is 2. The van der Waals surface area contributed by atoms with Gasteiger partial charge in [0.15, 0.2) is 0 Å². The minimum Gasteiger partial charge on any atom is -0.462 e. The highest BCUT2D eigenvalue weighted by molar-refractivity contribution is 5.77. The minimum atomic E-state index is -0.805. The van der Waals surface area contributed by atoms with E-state index in [-0.39, 0.29) is 24.9 Å². The van der Waals surface area contributed by atoms with E-state index in [1.165, 1.54) is 154 Å². The Morgan fingerprint density at radius 3 is 1.12 bits per heavy atom. The second-order valence-electron chi connectivity index (χ2n) is 20.2. The van der Waals surface area contributed by atoms with Crippen molar-refractivity contribution in [3.05, 3.63) is 72.9 Å². The van der Waals surface area contributed by atoms with Gasteiger partial charge < -0.3 is 20.3 Å². The van der Waals surface area contributed by atoms with Gasteiger partial charge in [0, 0.05) is 6.42 Å². The Morgan fingerprint density at radius 1 is 0.420 bits per heavy atom. The Bertz CT molecular complexity index is 1270. The van der Waals surface area contributed by atoms with Gasteiger partial charge in [-0.2, -0.15) is 0 Å². The highest BCUT2D eigenvalue weighted by Gasteiger charge is 2.24. The van der Waals surface area contributed by atoms with Crippen LogP contribution in [-0.4, -0.2) is 46.9 Å². The van der Waals surface area contributed by atoms with E-state index in [4.69, 9.17) is 4.74 Å². The van der Waals surface area contributed by atoms with Crippen molar-refractivity contribution in [2.75, 3.05) is 6.61 Å². The number of esters is 1. The number of rotatable bonds is 53. The van der Waals surface area contributed by atoms with Gasteiger partial charge in [-0.15, -0.1) is 0 Å². The van der Waals surface area contributed by atoms with Gasteiger partial charge in [0.25, 0.3) is 0 Å². The fraction of sp³-hybridized carbons (Fsp3) is 0.778. The average Bonchev–Trinajstić information content (AvgIpc) is 3.34. The van der Waals surface area contributed by atoms with Gasteiger partial charge in [-0.1, -0.05) is 273 Å². The molecule has 69 heavy (non-hydrogen) atoms. The molecule has 0 saturated heterocycles. The fourth-order valence-corrected chi connectivity index (χ4v) is 8.85. The van der Waals surface area contributed by atoms with Gasteiger partial charge in [0.1, 0.15) is 6.10 Å². The molecule has 0 rings (SSSR count). The van der Waals surface area contributed by atoms with E-state index in [1.54, 1.807) is 0 Å². The number of carbonyl (C=O) groups excluding carboxylic acids is 2. The van der Waals surface area contributed by atoms with Gasteiger partial charge in [-0.3, -0.25) is 9.59 Å². The summed E-state index contributed by atoms with van der Waals surface area (Å²) in [6.45, 7) is 6.46. The summed E-state index contributed by atoms with van der Waals surface area (Å²) >= 11 is 0. The molecule has 400 valence electrons. The third kappa shape index (κ3) is 51.5. The molecule has 3 N–H and O–H groups in total. The Morgan fingerprint density at radius 2 is 0.739 bits per heavy atom. The van der Waals surface area contributed by atoms with E-state index < -0.39 is 18.2 Å². The Balaban J connectivity index is 4.66. The maximum absolute atomic E-state index is 13.3. The van der Waals surface area contributed by atoms with Crippen LogP contribution < -0.4 is 5.32 Å². The Labute approximate surface area is 428 Å². The molecule has 0 radical (unpaired) electrons. The van der Waals surface area contributed by atoms with Crippen molar-refractivity contribution in [2.45, 2.75) is 309 Å². The number of carbonyl (C=O) groups is 2. The highest BCUT2D eigenvalue weighted by Crippen LogP contribution is 2.18. The third-order valence-corrected chi connectivity index (χ3v) is 13.4. The summed E-state index contributed by atoms with van der Waals surface area (Å²) in [5.41, 5.74) is 0. The van der Waals surface area contributed by atoms with Crippen LogP contribution >= 0.6 is 0 Å². The zero-order valence-electron chi connectivity index (χ0n) is 45.7. The second-order valence-corrected chi connectivity index (χ2v) is 20.2. The molecule has 3 unspecified atom stereocenters. The molecule has 0 heterocycles. The number of aliphatic hydroxyl groups excluding tert-OH is 2. The number of allylic oxidation sites excluding steroid dienone is 12. The molecular formula is C63H113NO5. The summed E-state index contributed by atoms with van der Waals surface area (Å²) in [5, 5.41) is 23.9. The number of hydrogen-bond acceptors (Lipinski definition) is 5. The van der Waals surface area contributed by atoms with Crippen LogP contribution in [0.4, 0.5) is 0 Å². The standard InChI is InChI=1S/C63H113NO5/c1-4-7-10-13-16-19-22-25-28-31-32-35-38-41-44-47-50-53-56-63(68)69-59(54-51-48-45-42-39-36-33-29-26-23-20-17-14-11-8-5-2)57-62(67)64-60(58-65)61(66)55-52-49-46-43-40-37-34-30-27-24-21-18-15-12-9-6-3/h22-23,25-26,28-29,31-33,35-36,39,59-61,65-66H,4-21,24,27,30,34,37-38,40-58H2,1-3H3,(H,64,67)/b25-22+,26-23+,31-28+,33-29+,35-32+,39-36+.